The molecule has 2 amide bonds. The summed E-state index contributed by atoms with van der Waals surface area (Å²) in [6.45, 7) is 6.27. The molecule has 0 saturated carbocycles. The van der Waals surface area contributed by atoms with Crippen LogP contribution in [0.3, 0.4) is 0 Å². The lowest BCUT2D eigenvalue weighted by Crippen LogP contribution is -2.45. The predicted molar refractivity (Wildman–Crippen MR) is 186 cm³/mol. The molecular formula is C35H35ClN6O5S. The Kier molecular flexibility index (Phi) is 9.13. The summed E-state index contributed by atoms with van der Waals surface area (Å²) >= 11 is 6.60. The maximum absolute atomic E-state index is 13.6. The van der Waals surface area contributed by atoms with E-state index in [0.29, 0.717) is 52.9 Å². The Morgan fingerprint density at radius 1 is 0.979 bits per heavy atom. The van der Waals surface area contributed by atoms with Crippen LogP contribution in [0.5, 0.6) is 0 Å². The molecular weight excluding hydrogens is 652 g/mol. The summed E-state index contributed by atoms with van der Waals surface area (Å²) in [6, 6.07) is 22.5. The van der Waals surface area contributed by atoms with Crippen LogP contribution in [-0.2, 0) is 19.6 Å². The third kappa shape index (κ3) is 7.14. The molecule has 48 heavy (non-hydrogen) atoms. The van der Waals surface area contributed by atoms with Crippen LogP contribution >= 0.6 is 11.6 Å². The van der Waals surface area contributed by atoms with Crippen molar-refractivity contribution in [2.75, 3.05) is 23.7 Å². The van der Waals surface area contributed by atoms with E-state index in [4.69, 9.17) is 16.3 Å². The third-order valence-electron chi connectivity index (χ3n) is 7.81. The Morgan fingerprint density at radius 3 is 2.48 bits per heavy atom. The summed E-state index contributed by atoms with van der Waals surface area (Å²) < 4.78 is 34.0. The number of piperidine rings is 1. The van der Waals surface area contributed by atoms with E-state index in [-0.39, 0.29) is 34.2 Å². The molecule has 1 aliphatic rings. The van der Waals surface area contributed by atoms with E-state index >= 15 is 0 Å². The number of nitrogens with zero attached hydrogens (tertiary/aromatic N) is 4. The number of rotatable bonds is 7. The fraction of sp³-hybridized carbons (Fsp3) is 0.257. The molecule has 1 fully saturated rings. The first-order chi connectivity index (χ1) is 22.9. The minimum absolute atomic E-state index is 0.157. The maximum Gasteiger partial charge on any atom is 0.410 e. The largest absolute Gasteiger partial charge is 0.444 e. The lowest BCUT2D eigenvalue weighted by Gasteiger charge is -2.33. The number of carbonyl (C=O) groups is 2. The lowest BCUT2D eigenvalue weighted by atomic mass is 9.97. The molecule has 1 atom stereocenters. The topological polar surface area (TPSA) is 136 Å². The molecule has 3 heterocycles. The van der Waals surface area contributed by atoms with Gasteiger partial charge < -0.3 is 20.3 Å². The number of hydrogen-bond acceptors (Lipinski definition) is 8. The molecule has 0 bridgehead atoms. The van der Waals surface area contributed by atoms with Gasteiger partial charge in [0.1, 0.15) is 5.60 Å². The molecule has 1 aliphatic heterocycles. The fourth-order valence-electron chi connectivity index (χ4n) is 5.59. The summed E-state index contributed by atoms with van der Waals surface area (Å²) in [5, 5.41) is 7.02. The minimum Gasteiger partial charge on any atom is -0.444 e. The van der Waals surface area contributed by atoms with Crippen molar-refractivity contribution in [3.05, 3.63) is 96.3 Å². The van der Waals surface area contributed by atoms with Gasteiger partial charge in [-0.25, -0.2) is 27.2 Å². The standard InChI is InChI=1S/C35H35ClN6O5S/c1-35(2,3)47-34(44)41-18-10-11-23(21-41)32(43)38-24-12-9-13-25(19-24)39-33-37-20-29(36)31(40-33)28-22-42(30-17-8-7-16-27(28)30)48(45,46)26-14-5-4-6-15-26/h4-9,12-17,19-20,22-23H,10-11,18,21H2,1-3H3,(H,38,43)(H,37,39,40). The Morgan fingerprint density at radius 2 is 1.71 bits per heavy atom. The molecule has 248 valence electrons. The van der Waals surface area contributed by atoms with Crippen LogP contribution in [0.25, 0.3) is 22.2 Å². The third-order valence-corrected chi connectivity index (χ3v) is 9.77. The summed E-state index contributed by atoms with van der Waals surface area (Å²) in [7, 11) is -3.91. The second-order valence-electron chi connectivity index (χ2n) is 12.5. The highest BCUT2D eigenvalue weighted by Crippen LogP contribution is 2.36. The van der Waals surface area contributed by atoms with Crippen molar-refractivity contribution >= 4 is 61.9 Å². The van der Waals surface area contributed by atoms with Crippen LogP contribution in [-0.4, -0.2) is 57.9 Å². The number of ether oxygens (including phenoxy) is 1. The van der Waals surface area contributed by atoms with Crippen molar-refractivity contribution in [2.45, 2.75) is 44.1 Å². The molecule has 2 aromatic heterocycles. The van der Waals surface area contributed by atoms with Crippen molar-refractivity contribution in [3.8, 4) is 11.3 Å². The number of aromatic nitrogens is 3. The normalized spacial score (nSPS) is 15.2. The molecule has 11 nitrogen and oxygen atoms in total. The van der Waals surface area contributed by atoms with Gasteiger partial charge in [0.25, 0.3) is 10.0 Å². The first-order valence-corrected chi connectivity index (χ1v) is 17.3. The SMILES string of the molecule is CC(C)(C)OC(=O)N1CCCC(C(=O)Nc2cccc(Nc3ncc(Cl)c(-c4cn(S(=O)(=O)c5ccccc5)c5ccccc45)n3)c2)C1. The van der Waals surface area contributed by atoms with Crippen molar-refractivity contribution in [1.29, 1.82) is 0 Å². The zero-order chi connectivity index (χ0) is 34.1. The molecule has 1 unspecified atom stereocenters. The van der Waals surface area contributed by atoms with Crippen molar-refractivity contribution in [3.63, 3.8) is 0 Å². The van der Waals surface area contributed by atoms with Gasteiger partial charge in [0.05, 0.1) is 33.2 Å². The van der Waals surface area contributed by atoms with Crippen LogP contribution in [0, 0.1) is 5.92 Å². The number of amides is 2. The van der Waals surface area contributed by atoms with Gasteiger partial charge in [-0.15, -0.1) is 0 Å². The van der Waals surface area contributed by atoms with E-state index in [2.05, 4.69) is 20.6 Å². The molecule has 0 spiro atoms. The van der Waals surface area contributed by atoms with Crippen LogP contribution < -0.4 is 10.6 Å². The highest BCUT2D eigenvalue weighted by molar-refractivity contribution is 7.90. The van der Waals surface area contributed by atoms with Crippen molar-refractivity contribution in [2.24, 2.45) is 5.92 Å². The van der Waals surface area contributed by atoms with E-state index in [1.165, 1.54) is 16.4 Å². The summed E-state index contributed by atoms with van der Waals surface area (Å²) in [5.74, 6) is -0.342. The molecule has 1 saturated heterocycles. The van der Waals surface area contributed by atoms with E-state index in [1.807, 2.05) is 32.9 Å². The number of likely N-dealkylation sites (tertiary alicyclic amines) is 1. The molecule has 5 aromatic rings. The number of carbonyl (C=O) groups excluding carboxylic acids is 2. The summed E-state index contributed by atoms with van der Waals surface area (Å²) in [4.78, 5) is 36.5. The molecule has 3 aromatic carbocycles. The van der Waals surface area contributed by atoms with Crippen LogP contribution in [0.1, 0.15) is 33.6 Å². The number of hydrogen-bond donors (Lipinski definition) is 2. The lowest BCUT2D eigenvalue weighted by molar-refractivity contribution is -0.121. The number of anilines is 3. The van der Waals surface area contributed by atoms with Gasteiger partial charge in [-0.2, -0.15) is 0 Å². The average molecular weight is 687 g/mol. The van der Waals surface area contributed by atoms with Gasteiger partial charge in [-0.05, 0) is 70.0 Å². The molecule has 0 radical (unpaired) electrons. The second kappa shape index (κ2) is 13.3. The summed E-state index contributed by atoms with van der Waals surface area (Å²) in [5.41, 5.74) is 1.90. The highest BCUT2D eigenvalue weighted by atomic mass is 35.5. The minimum atomic E-state index is -3.91. The number of halogens is 1. The monoisotopic (exact) mass is 686 g/mol. The molecule has 13 heteroatoms. The zero-order valence-electron chi connectivity index (χ0n) is 26.7. The van der Waals surface area contributed by atoms with E-state index < -0.39 is 21.7 Å². The first kappa shape index (κ1) is 33.0. The predicted octanol–water partition coefficient (Wildman–Crippen LogP) is 7.32. The van der Waals surface area contributed by atoms with Crippen LogP contribution in [0.2, 0.25) is 5.02 Å². The average Bonchev–Trinajstić information content (AvgIpc) is 3.46. The van der Waals surface area contributed by atoms with Crippen molar-refractivity contribution < 1.29 is 22.7 Å². The van der Waals surface area contributed by atoms with Gasteiger partial charge >= 0.3 is 6.09 Å². The van der Waals surface area contributed by atoms with E-state index in [9.17, 15) is 18.0 Å². The Hall–Kier alpha value is -4.94. The smallest absolute Gasteiger partial charge is 0.410 e. The number of fused-ring (bicyclic) bond motifs is 1. The van der Waals surface area contributed by atoms with Crippen molar-refractivity contribution in [1.82, 2.24) is 18.8 Å². The van der Waals surface area contributed by atoms with Gasteiger partial charge in [-0.3, -0.25) is 4.79 Å². The number of nitrogens with one attached hydrogen (secondary N) is 2. The van der Waals surface area contributed by atoms with Gasteiger partial charge in [0.15, 0.2) is 0 Å². The first-order valence-electron chi connectivity index (χ1n) is 15.5. The Bertz CT molecular complexity index is 2100. The quantitative estimate of drug-likeness (QED) is 0.182. The highest BCUT2D eigenvalue weighted by Gasteiger charge is 2.31. The van der Waals surface area contributed by atoms with Crippen LogP contribution in [0.15, 0.2) is 96.2 Å². The van der Waals surface area contributed by atoms with Gasteiger partial charge in [0, 0.05) is 41.6 Å². The van der Waals surface area contributed by atoms with E-state index in [1.54, 1.807) is 71.6 Å². The molecule has 6 rings (SSSR count). The van der Waals surface area contributed by atoms with E-state index in [0.717, 1.165) is 0 Å². The Labute approximate surface area is 284 Å². The fourth-order valence-corrected chi connectivity index (χ4v) is 7.17. The number of benzene rings is 3. The summed E-state index contributed by atoms with van der Waals surface area (Å²) in [6.07, 6.45) is 3.92. The zero-order valence-corrected chi connectivity index (χ0v) is 28.3. The molecule has 2 N–H and O–H groups in total. The maximum atomic E-state index is 13.6. The molecule has 0 aliphatic carbocycles. The number of para-hydroxylation sites is 1. The second-order valence-corrected chi connectivity index (χ2v) is 14.7. The Balaban J connectivity index is 1.22. The van der Waals surface area contributed by atoms with Crippen LogP contribution in [0.4, 0.5) is 22.1 Å². The van der Waals surface area contributed by atoms with Gasteiger partial charge in [0.2, 0.25) is 11.9 Å². The van der Waals surface area contributed by atoms with Gasteiger partial charge in [-0.1, -0.05) is 54.1 Å².